The van der Waals surface area contributed by atoms with E-state index in [2.05, 4.69) is 25.6 Å². The van der Waals surface area contributed by atoms with Crippen molar-refractivity contribution in [3.63, 3.8) is 0 Å². The Balaban J connectivity index is 0.873. The second-order valence-corrected chi connectivity index (χ2v) is 18.2. The van der Waals surface area contributed by atoms with Crippen LogP contribution < -0.4 is 15.4 Å². The lowest BCUT2D eigenvalue weighted by molar-refractivity contribution is -0.134. The Bertz CT molecular complexity index is 3230. The molecule has 0 saturated carbocycles. The number of carboxylic acid groups (broad SMARTS) is 1. The summed E-state index contributed by atoms with van der Waals surface area (Å²) in [6.07, 6.45) is 1.57. The lowest BCUT2D eigenvalue weighted by atomic mass is 9.89. The quantitative estimate of drug-likeness (QED) is 0.0742. The molecule has 17 heteroatoms. The highest BCUT2D eigenvalue weighted by atomic mass is 35.5. The van der Waals surface area contributed by atoms with Crippen LogP contribution in [-0.2, 0) is 34.4 Å². The number of nitrogens with one attached hydrogen (secondary N) is 2. The number of piperazine rings is 1. The van der Waals surface area contributed by atoms with Gasteiger partial charge < -0.3 is 24.6 Å². The number of carboxylic acids is 1. The third-order valence-electron chi connectivity index (χ3n) is 13.6. The Morgan fingerprint density at radius 3 is 2.43 bits per heavy atom. The summed E-state index contributed by atoms with van der Waals surface area (Å²) in [6.45, 7) is 8.53. The maximum Gasteiger partial charge on any atom is 0.352 e. The zero-order chi connectivity index (χ0) is 48.7. The molecule has 3 aromatic heterocycles. The largest absolute Gasteiger partial charge is 0.493 e. The maximum absolute atomic E-state index is 13.9. The standard InChI is InChI=1S/C52H52ClFN8O7/c1-29-40(39-15-17-44(63)57-51(39)66)26-33-10-11-34(27-42(33)56-29)50(65)55-28-45(64)61-21-18-60(19-22-61)20-23-62-48-38(14-16-41(53)47(48)46-30(2)58-59(4)31(46)3)37(49(62)52(67)68)8-6-24-69-43-9-5-7-32-25-35(54)12-13-36(32)43/h5,7,9-14,16,25-27,39H,6,8,15,17-24,28H2,1-4H3,(H,55,65)(H,67,68)(H,57,63,66). The topological polar surface area (TPSA) is 181 Å². The van der Waals surface area contributed by atoms with Crippen molar-refractivity contribution in [3.05, 3.63) is 123 Å². The number of amides is 4. The number of aryl methyl sites for hydroxylation is 4. The molecule has 15 nitrogen and oxygen atoms in total. The summed E-state index contributed by atoms with van der Waals surface area (Å²) >= 11 is 7.06. The summed E-state index contributed by atoms with van der Waals surface area (Å²) in [7, 11) is 1.87. The van der Waals surface area contributed by atoms with Crippen molar-refractivity contribution in [2.45, 2.75) is 58.9 Å². The minimum atomic E-state index is -1.06. The van der Waals surface area contributed by atoms with Crippen LogP contribution in [0.2, 0.25) is 5.02 Å². The van der Waals surface area contributed by atoms with Crippen LogP contribution in [0.25, 0.3) is 43.7 Å². The molecule has 69 heavy (non-hydrogen) atoms. The molecule has 0 spiro atoms. The fourth-order valence-corrected chi connectivity index (χ4v) is 10.2. The van der Waals surface area contributed by atoms with Crippen molar-refractivity contribution in [2.24, 2.45) is 7.05 Å². The summed E-state index contributed by atoms with van der Waals surface area (Å²) in [4.78, 5) is 72.9. The van der Waals surface area contributed by atoms with Gasteiger partial charge >= 0.3 is 5.97 Å². The number of ether oxygens (including phenoxy) is 1. The van der Waals surface area contributed by atoms with E-state index in [1.807, 2.05) is 61.9 Å². The first-order valence-corrected chi connectivity index (χ1v) is 23.5. The molecule has 2 fully saturated rings. The number of benzene rings is 4. The van der Waals surface area contributed by atoms with Gasteiger partial charge in [0.1, 0.15) is 17.3 Å². The normalized spacial score (nSPS) is 15.6. The van der Waals surface area contributed by atoms with E-state index in [4.69, 9.17) is 16.3 Å². The smallest absolute Gasteiger partial charge is 0.352 e. The molecule has 0 aliphatic carbocycles. The van der Waals surface area contributed by atoms with E-state index >= 15 is 0 Å². The monoisotopic (exact) mass is 954 g/mol. The van der Waals surface area contributed by atoms with Crippen LogP contribution >= 0.6 is 11.6 Å². The van der Waals surface area contributed by atoms with Crippen LogP contribution in [0.4, 0.5) is 4.39 Å². The number of hydrogen-bond acceptors (Lipinski definition) is 9. The van der Waals surface area contributed by atoms with Gasteiger partial charge in [-0.2, -0.15) is 5.10 Å². The molecule has 356 valence electrons. The molecule has 1 unspecified atom stereocenters. The Kier molecular flexibility index (Phi) is 13.2. The SMILES string of the molecule is Cc1nc2cc(C(=O)NCC(=O)N3CCN(CCn4c(C(=O)O)c(CCCOc5cccc6cc(F)ccc56)c5ccc(Cl)c(-c6c(C)nn(C)c6C)c54)CC3)ccc2cc1C1CCC(=O)NC1=O. The third-order valence-corrected chi connectivity index (χ3v) is 13.9. The number of aromatic nitrogens is 4. The van der Waals surface area contributed by atoms with E-state index < -0.39 is 17.8 Å². The number of carbonyl (C=O) groups excluding carboxylic acids is 4. The molecule has 2 aliphatic heterocycles. The number of carbonyl (C=O) groups is 5. The van der Waals surface area contributed by atoms with Gasteiger partial charge in [0, 0.05) is 97.0 Å². The van der Waals surface area contributed by atoms with Crippen molar-refractivity contribution < 1.29 is 38.2 Å². The van der Waals surface area contributed by atoms with Crippen LogP contribution in [-0.4, -0.2) is 110 Å². The number of nitrogens with zero attached hydrogens (tertiary/aromatic N) is 6. The fourth-order valence-electron chi connectivity index (χ4n) is 9.96. The van der Waals surface area contributed by atoms with E-state index in [-0.39, 0.29) is 42.2 Å². The summed E-state index contributed by atoms with van der Waals surface area (Å²) in [5.41, 5.74) is 7.07. The Hall–Kier alpha value is -7.17. The number of rotatable bonds is 14. The molecule has 7 aromatic rings. The maximum atomic E-state index is 13.9. The third kappa shape index (κ3) is 9.38. The number of halogens is 2. The summed E-state index contributed by atoms with van der Waals surface area (Å²) in [5.74, 6) is -2.52. The number of hydrogen-bond donors (Lipinski definition) is 3. The zero-order valence-corrected chi connectivity index (χ0v) is 39.6. The van der Waals surface area contributed by atoms with Crippen LogP contribution in [0.5, 0.6) is 5.75 Å². The van der Waals surface area contributed by atoms with Gasteiger partial charge in [-0.15, -0.1) is 0 Å². The molecule has 9 rings (SSSR count). The number of pyridine rings is 1. The van der Waals surface area contributed by atoms with Crippen molar-refractivity contribution in [3.8, 4) is 16.9 Å². The number of piperidine rings is 1. The molecular weight excluding hydrogens is 903 g/mol. The molecule has 2 saturated heterocycles. The lowest BCUT2D eigenvalue weighted by Gasteiger charge is -2.35. The predicted molar refractivity (Wildman–Crippen MR) is 260 cm³/mol. The van der Waals surface area contributed by atoms with Gasteiger partial charge in [-0.3, -0.25) is 39.1 Å². The van der Waals surface area contributed by atoms with Crippen molar-refractivity contribution in [1.29, 1.82) is 0 Å². The second-order valence-electron chi connectivity index (χ2n) is 17.8. The van der Waals surface area contributed by atoms with E-state index in [1.165, 1.54) is 12.1 Å². The van der Waals surface area contributed by atoms with E-state index in [0.29, 0.717) is 104 Å². The van der Waals surface area contributed by atoms with Crippen molar-refractivity contribution >= 4 is 73.8 Å². The second kappa shape index (κ2) is 19.4. The number of fused-ring (bicyclic) bond motifs is 3. The highest BCUT2D eigenvalue weighted by Gasteiger charge is 2.31. The van der Waals surface area contributed by atoms with E-state index in [9.17, 15) is 33.5 Å². The van der Waals surface area contributed by atoms with Gasteiger partial charge in [0.05, 0.1) is 40.8 Å². The fraction of sp³-hybridized carbons (Fsp3) is 0.327. The highest BCUT2D eigenvalue weighted by Crippen LogP contribution is 2.42. The van der Waals surface area contributed by atoms with Gasteiger partial charge in [0.15, 0.2) is 0 Å². The molecule has 1 atom stereocenters. The molecule has 3 N–H and O–H groups in total. The minimum absolute atomic E-state index is 0.173. The van der Waals surface area contributed by atoms with Gasteiger partial charge in [0.2, 0.25) is 17.7 Å². The summed E-state index contributed by atoms with van der Waals surface area (Å²) in [5, 5.41) is 24.3. The van der Waals surface area contributed by atoms with Crippen molar-refractivity contribution in [1.82, 2.24) is 39.8 Å². The first-order chi connectivity index (χ1) is 33.2. The average Bonchev–Trinajstić information content (AvgIpc) is 3.78. The van der Waals surface area contributed by atoms with Gasteiger partial charge in [0.25, 0.3) is 5.91 Å². The molecule has 0 bridgehead atoms. The predicted octanol–water partition coefficient (Wildman–Crippen LogP) is 7.27. The van der Waals surface area contributed by atoms with Crippen molar-refractivity contribution in [2.75, 3.05) is 45.9 Å². The lowest BCUT2D eigenvalue weighted by Crippen LogP contribution is -2.51. The Morgan fingerprint density at radius 2 is 1.70 bits per heavy atom. The van der Waals surface area contributed by atoms with Crippen LogP contribution in [0.1, 0.15) is 74.2 Å². The number of imide groups is 1. The van der Waals surface area contributed by atoms with Gasteiger partial charge in [-0.05, 0) is 105 Å². The average molecular weight is 955 g/mol. The molecule has 4 amide bonds. The first-order valence-electron chi connectivity index (χ1n) is 23.1. The van der Waals surface area contributed by atoms with E-state index in [0.717, 1.165) is 49.6 Å². The van der Waals surface area contributed by atoms with Gasteiger partial charge in [-0.25, -0.2) is 9.18 Å². The van der Waals surface area contributed by atoms with Crippen LogP contribution in [0.3, 0.4) is 0 Å². The molecular formula is C52H52ClFN8O7. The molecule has 2 aliphatic rings. The summed E-state index contributed by atoms with van der Waals surface area (Å²) < 4.78 is 23.8. The number of aromatic carboxylic acids is 1. The minimum Gasteiger partial charge on any atom is -0.493 e. The molecule has 4 aromatic carbocycles. The highest BCUT2D eigenvalue weighted by molar-refractivity contribution is 6.35. The molecule has 5 heterocycles. The van der Waals surface area contributed by atoms with Crippen LogP contribution in [0, 0.1) is 26.6 Å². The Morgan fingerprint density at radius 1 is 0.913 bits per heavy atom. The van der Waals surface area contributed by atoms with Gasteiger partial charge in [-0.1, -0.05) is 35.9 Å². The molecule has 0 radical (unpaired) electrons. The zero-order valence-electron chi connectivity index (χ0n) is 38.8. The van der Waals surface area contributed by atoms with E-state index in [1.54, 1.807) is 40.8 Å². The Labute approximate surface area is 402 Å². The first kappa shape index (κ1) is 46.9. The summed E-state index contributed by atoms with van der Waals surface area (Å²) in [6, 6.07) is 20.7. The van der Waals surface area contributed by atoms with Crippen LogP contribution in [0.15, 0.2) is 72.8 Å².